The average molecular weight is 481 g/mol. The maximum Gasteiger partial charge on any atom is 0.0784 e. The molecule has 1 atom stereocenters. The molecule has 3 aromatic carbocycles. The van der Waals surface area contributed by atoms with Gasteiger partial charge in [-0.3, -0.25) is 0 Å². The van der Waals surface area contributed by atoms with E-state index < -0.39 is 0 Å². The molecule has 3 aromatic rings. The molecule has 0 radical (unpaired) electrons. The van der Waals surface area contributed by atoms with Gasteiger partial charge in [0.1, 0.15) is 0 Å². The fourth-order valence-electron chi connectivity index (χ4n) is 3.42. The maximum atomic E-state index is 5.15. The zero-order valence-corrected chi connectivity index (χ0v) is 18.2. The van der Waals surface area contributed by atoms with Crippen molar-refractivity contribution in [1.82, 2.24) is 0 Å². The Morgan fingerprint density at radius 2 is 1.37 bits per heavy atom. The Labute approximate surface area is 177 Å². The maximum absolute atomic E-state index is 5.15. The van der Waals surface area contributed by atoms with Crippen molar-refractivity contribution in [3.05, 3.63) is 105 Å². The first-order valence-corrected chi connectivity index (χ1v) is 10.6. The molecule has 0 bridgehead atoms. The summed E-state index contributed by atoms with van der Waals surface area (Å²) in [5.74, 6) is 0.432. The minimum absolute atomic E-state index is 0.432. The van der Waals surface area contributed by atoms with Crippen LogP contribution in [0.3, 0.4) is 0 Å². The first-order chi connectivity index (χ1) is 13.1. The fraction of sp³-hybridized carbons (Fsp3) is 0.125. The second kappa shape index (κ2) is 7.95. The molecule has 1 aliphatic heterocycles. The number of para-hydroxylation sites is 1. The van der Waals surface area contributed by atoms with E-state index in [0.29, 0.717) is 5.92 Å². The normalized spacial score (nSPS) is 18.6. The quantitative estimate of drug-likeness (QED) is 0.353. The van der Waals surface area contributed by atoms with Crippen LogP contribution in [0.25, 0.3) is 5.57 Å². The van der Waals surface area contributed by atoms with Gasteiger partial charge < -0.3 is 0 Å². The minimum atomic E-state index is 0.432. The van der Waals surface area contributed by atoms with Gasteiger partial charge in [-0.1, -0.05) is 87.3 Å². The van der Waals surface area contributed by atoms with Crippen molar-refractivity contribution in [2.45, 2.75) is 19.3 Å². The van der Waals surface area contributed by atoms with Crippen LogP contribution in [0.4, 0.5) is 5.69 Å². The predicted molar refractivity (Wildman–Crippen MR) is 122 cm³/mol. The van der Waals surface area contributed by atoms with Gasteiger partial charge in [0.25, 0.3) is 0 Å². The van der Waals surface area contributed by atoms with E-state index in [-0.39, 0.29) is 0 Å². The number of nitrogens with zero attached hydrogens (tertiary/aromatic N) is 1. The third-order valence-corrected chi connectivity index (χ3v) is 5.96. The van der Waals surface area contributed by atoms with E-state index in [1.807, 2.05) is 0 Å². The average Bonchev–Trinajstić information content (AvgIpc) is 2.68. The topological polar surface area (TPSA) is 12.4 Å². The summed E-state index contributed by atoms with van der Waals surface area (Å²) in [5, 5.41) is 0. The predicted octanol–water partition coefficient (Wildman–Crippen LogP) is 7.92. The molecule has 1 aliphatic rings. The van der Waals surface area contributed by atoms with E-state index in [1.165, 1.54) is 16.7 Å². The van der Waals surface area contributed by atoms with Crippen LogP contribution in [0, 0.1) is 0 Å². The Bertz CT molecular complexity index is 1020. The van der Waals surface area contributed by atoms with E-state index in [4.69, 9.17) is 4.99 Å². The van der Waals surface area contributed by atoms with Crippen LogP contribution < -0.4 is 0 Å². The number of aliphatic imine (C=N–C) groups is 1. The largest absolute Gasteiger partial charge is 0.247 e. The van der Waals surface area contributed by atoms with E-state index in [2.05, 4.69) is 118 Å². The molecule has 1 unspecified atom stereocenters. The highest BCUT2D eigenvalue weighted by Crippen LogP contribution is 2.35. The summed E-state index contributed by atoms with van der Waals surface area (Å²) in [5.41, 5.74) is 6.88. The van der Waals surface area contributed by atoms with E-state index in [9.17, 15) is 0 Å². The van der Waals surface area contributed by atoms with Gasteiger partial charge in [0.2, 0.25) is 0 Å². The molecule has 0 saturated carbocycles. The van der Waals surface area contributed by atoms with Gasteiger partial charge in [0.15, 0.2) is 0 Å². The van der Waals surface area contributed by atoms with Gasteiger partial charge >= 0.3 is 0 Å². The number of allylic oxidation sites excluding steroid dienone is 2. The highest BCUT2D eigenvalue weighted by molar-refractivity contribution is 9.10. The third-order valence-electron chi connectivity index (χ3n) is 4.90. The van der Waals surface area contributed by atoms with Gasteiger partial charge in [0.05, 0.1) is 11.4 Å². The zero-order chi connectivity index (χ0) is 18.8. The minimum Gasteiger partial charge on any atom is -0.247 e. The highest BCUT2D eigenvalue weighted by Gasteiger charge is 2.18. The van der Waals surface area contributed by atoms with Crippen molar-refractivity contribution < 1.29 is 0 Å². The lowest BCUT2D eigenvalue weighted by Gasteiger charge is -2.20. The second-order valence-electron chi connectivity index (χ2n) is 6.79. The van der Waals surface area contributed by atoms with Crippen LogP contribution in [-0.4, -0.2) is 5.71 Å². The summed E-state index contributed by atoms with van der Waals surface area (Å²) < 4.78 is 2.15. The molecule has 0 spiro atoms. The van der Waals surface area contributed by atoms with E-state index in [1.54, 1.807) is 0 Å². The molecule has 0 amide bonds. The van der Waals surface area contributed by atoms with Crippen LogP contribution in [0.2, 0.25) is 0 Å². The highest BCUT2D eigenvalue weighted by atomic mass is 79.9. The molecular weight excluding hydrogens is 462 g/mol. The molecule has 0 aromatic heterocycles. The Hall–Kier alpha value is -1.97. The van der Waals surface area contributed by atoms with Crippen LogP contribution in [0.5, 0.6) is 0 Å². The lowest BCUT2D eigenvalue weighted by atomic mass is 9.88. The molecule has 0 fully saturated rings. The number of halogens is 2. The summed E-state index contributed by atoms with van der Waals surface area (Å²) in [4.78, 5) is 5.15. The number of hydrogen-bond acceptors (Lipinski definition) is 1. The van der Waals surface area contributed by atoms with Crippen LogP contribution in [-0.2, 0) is 0 Å². The standard InChI is InChI=1S/C24H19Br2N/c1-16-6-15-22(17-7-11-19(25)12-8-17)24(18-9-13-20(26)14-10-18)27-23-5-3-2-4-21(16)23/h2-5,7-16H,6H2,1H3/b22-15+,27-24?. The SMILES string of the molecule is CC1C/C=C(\c2ccc(Br)cc2)C(c2ccc(Br)cc2)=Nc2ccccc21. The zero-order valence-electron chi connectivity index (χ0n) is 15.0. The van der Waals surface area contributed by atoms with Crippen molar-refractivity contribution in [2.24, 2.45) is 4.99 Å². The molecular formula is C24H19Br2N. The molecule has 4 rings (SSSR count). The van der Waals surface area contributed by atoms with Gasteiger partial charge in [-0.15, -0.1) is 0 Å². The molecule has 0 aliphatic carbocycles. The number of benzene rings is 3. The first-order valence-electron chi connectivity index (χ1n) is 9.02. The van der Waals surface area contributed by atoms with Crippen LogP contribution in [0.1, 0.15) is 36.0 Å². The molecule has 27 heavy (non-hydrogen) atoms. The van der Waals surface area contributed by atoms with Crippen molar-refractivity contribution in [1.29, 1.82) is 0 Å². The lowest BCUT2D eigenvalue weighted by Crippen LogP contribution is -2.08. The first kappa shape index (κ1) is 18.4. The Kier molecular flexibility index (Phi) is 5.42. The number of rotatable bonds is 2. The Morgan fingerprint density at radius 1 is 0.778 bits per heavy atom. The van der Waals surface area contributed by atoms with Crippen molar-refractivity contribution >= 4 is 48.8 Å². The summed E-state index contributed by atoms with van der Waals surface area (Å²) in [6.07, 6.45) is 3.32. The van der Waals surface area contributed by atoms with Gasteiger partial charge in [-0.05, 0) is 53.8 Å². The van der Waals surface area contributed by atoms with Crippen molar-refractivity contribution in [2.75, 3.05) is 0 Å². The van der Waals surface area contributed by atoms with Gasteiger partial charge in [-0.25, -0.2) is 4.99 Å². The lowest BCUT2D eigenvalue weighted by molar-refractivity contribution is 0.781. The molecule has 134 valence electrons. The Balaban J connectivity index is 1.93. The van der Waals surface area contributed by atoms with E-state index >= 15 is 0 Å². The number of fused-ring (bicyclic) bond motifs is 1. The summed E-state index contributed by atoms with van der Waals surface area (Å²) >= 11 is 7.08. The van der Waals surface area contributed by atoms with Gasteiger partial charge in [-0.2, -0.15) is 0 Å². The van der Waals surface area contributed by atoms with Gasteiger partial charge in [0, 0.05) is 20.1 Å². The smallest absolute Gasteiger partial charge is 0.0784 e. The van der Waals surface area contributed by atoms with Crippen LogP contribution >= 0.6 is 31.9 Å². The summed E-state index contributed by atoms with van der Waals surface area (Å²) in [6.45, 7) is 2.27. The molecule has 0 N–H and O–H groups in total. The molecule has 1 heterocycles. The fourth-order valence-corrected chi connectivity index (χ4v) is 3.95. The third kappa shape index (κ3) is 3.99. The second-order valence-corrected chi connectivity index (χ2v) is 8.62. The molecule has 3 heteroatoms. The molecule has 0 saturated heterocycles. The molecule has 1 nitrogen and oxygen atoms in total. The monoisotopic (exact) mass is 479 g/mol. The summed E-state index contributed by atoms with van der Waals surface area (Å²) in [7, 11) is 0. The summed E-state index contributed by atoms with van der Waals surface area (Å²) in [6, 6.07) is 25.4. The van der Waals surface area contributed by atoms with E-state index in [0.717, 1.165) is 32.3 Å². The van der Waals surface area contributed by atoms with Crippen molar-refractivity contribution in [3.8, 4) is 0 Å². The van der Waals surface area contributed by atoms with Crippen molar-refractivity contribution in [3.63, 3.8) is 0 Å². The number of hydrogen-bond donors (Lipinski definition) is 0. The van der Waals surface area contributed by atoms with Crippen LogP contribution in [0.15, 0.2) is 92.8 Å². The Morgan fingerprint density at radius 3 is 2.04 bits per heavy atom.